The highest BCUT2D eigenvalue weighted by molar-refractivity contribution is 6.00. The maximum atomic E-state index is 12.8. The van der Waals surface area contributed by atoms with Gasteiger partial charge in [0.2, 0.25) is 5.75 Å². The normalized spacial score (nSPS) is 14.3. The third-order valence-corrected chi connectivity index (χ3v) is 6.34. The van der Waals surface area contributed by atoms with Crippen molar-refractivity contribution in [2.24, 2.45) is 11.1 Å². The molecule has 184 valence electrons. The van der Waals surface area contributed by atoms with Crippen molar-refractivity contribution in [3.8, 4) is 22.9 Å². The molecule has 0 spiro atoms. The van der Waals surface area contributed by atoms with Crippen molar-refractivity contribution in [3.05, 3.63) is 58.9 Å². The van der Waals surface area contributed by atoms with Gasteiger partial charge < -0.3 is 29.8 Å². The van der Waals surface area contributed by atoms with Crippen LogP contribution < -0.4 is 25.3 Å². The van der Waals surface area contributed by atoms with E-state index in [1.807, 2.05) is 25.1 Å². The molecule has 1 aliphatic carbocycles. The zero-order chi connectivity index (χ0) is 25.5. The molecule has 8 nitrogen and oxygen atoms in total. The van der Waals surface area contributed by atoms with Crippen LogP contribution in [0.3, 0.4) is 0 Å². The second-order valence-electron chi connectivity index (χ2n) is 9.56. The second kappa shape index (κ2) is 9.02. The predicted molar refractivity (Wildman–Crippen MR) is 135 cm³/mol. The minimum absolute atomic E-state index is 0.128. The Morgan fingerprint density at radius 1 is 1.00 bits per heavy atom. The van der Waals surface area contributed by atoms with Crippen LogP contribution in [0.1, 0.15) is 52.4 Å². The van der Waals surface area contributed by atoms with E-state index in [1.165, 1.54) is 21.3 Å². The predicted octanol–water partition coefficient (Wildman–Crippen LogP) is 4.81. The van der Waals surface area contributed by atoms with Crippen LogP contribution in [0, 0.1) is 12.3 Å². The van der Waals surface area contributed by atoms with E-state index >= 15 is 0 Å². The molecule has 0 radical (unpaired) electrons. The first-order valence-corrected chi connectivity index (χ1v) is 11.3. The Balaban J connectivity index is 1.83. The number of aromatic nitrogens is 1. The lowest BCUT2D eigenvalue weighted by molar-refractivity contribution is 0.0910. The van der Waals surface area contributed by atoms with Gasteiger partial charge >= 0.3 is 0 Å². The van der Waals surface area contributed by atoms with E-state index < -0.39 is 5.91 Å². The number of amides is 1. The molecule has 1 aliphatic rings. The number of anilines is 2. The highest BCUT2D eigenvalue weighted by Crippen LogP contribution is 2.42. The average molecular weight is 478 g/mol. The molecule has 1 aromatic heterocycles. The first kappa shape index (κ1) is 24.2. The van der Waals surface area contributed by atoms with E-state index in [0.29, 0.717) is 40.6 Å². The van der Waals surface area contributed by atoms with Crippen LogP contribution in [0.2, 0.25) is 0 Å². The van der Waals surface area contributed by atoms with Crippen LogP contribution in [0.15, 0.2) is 36.4 Å². The van der Waals surface area contributed by atoms with Gasteiger partial charge in [-0.1, -0.05) is 13.8 Å². The summed E-state index contributed by atoms with van der Waals surface area (Å²) in [4.78, 5) is 25.0. The van der Waals surface area contributed by atoms with Gasteiger partial charge in [-0.3, -0.25) is 9.59 Å². The number of benzene rings is 2. The summed E-state index contributed by atoms with van der Waals surface area (Å²) < 4.78 is 18.4. The minimum Gasteiger partial charge on any atom is -0.493 e. The molecule has 35 heavy (non-hydrogen) atoms. The summed E-state index contributed by atoms with van der Waals surface area (Å²) >= 11 is 0. The Morgan fingerprint density at radius 3 is 2.23 bits per heavy atom. The fraction of sp³-hybridized carbons (Fsp3) is 0.333. The fourth-order valence-corrected chi connectivity index (χ4v) is 4.81. The molecule has 8 heteroatoms. The van der Waals surface area contributed by atoms with E-state index in [0.717, 1.165) is 29.1 Å². The standard InChI is InChI=1S/C27H31N3O5/c1-15-9-19-21(13-27(2,3)14-22(19)31)30(15)17-7-8-18(26(28)32)20(12-17)29-16-10-23(33-4)25(35-6)24(11-16)34-5/h7-12,29H,13-14H2,1-6H3,(H2,28,32). The quantitative estimate of drug-likeness (QED) is 0.506. The summed E-state index contributed by atoms with van der Waals surface area (Å²) in [5.41, 5.74) is 10.6. The first-order chi connectivity index (χ1) is 16.6. The Morgan fingerprint density at radius 2 is 1.66 bits per heavy atom. The van der Waals surface area contributed by atoms with E-state index in [-0.39, 0.29) is 11.2 Å². The topological polar surface area (TPSA) is 105 Å². The number of aryl methyl sites for hydroxylation is 1. The van der Waals surface area contributed by atoms with Crippen molar-refractivity contribution < 1.29 is 23.8 Å². The third kappa shape index (κ3) is 4.43. The first-order valence-electron chi connectivity index (χ1n) is 11.3. The molecule has 0 bridgehead atoms. The molecule has 0 saturated carbocycles. The molecule has 3 aromatic rings. The number of hydrogen-bond donors (Lipinski definition) is 2. The van der Waals surface area contributed by atoms with Crippen molar-refractivity contribution in [2.45, 2.75) is 33.6 Å². The number of primary amides is 1. The zero-order valence-electron chi connectivity index (χ0n) is 20.9. The van der Waals surface area contributed by atoms with Gasteiger partial charge in [0.25, 0.3) is 5.91 Å². The Bertz CT molecular complexity index is 1300. The smallest absolute Gasteiger partial charge is 0.250 e. The van der Waals surface area contributed by atoms with Gasteiger partial charge in [-0.2, -0.15) is 0 Å². The molecular weight excluding hydrogens is 446 g/mol. The van der Waals surface area contributed by atoms with Crippen LogP contribution in [0.25, 0.3) is 5.69 Å². The van der Waals surface area contributed by atoms with Crippen molar-refractivity contribution in [2.75, 3.05) is 26.6 Å². The number of nitrogens with one attached hydrogen (secondary N) is 1. The SMILES string of the molecule is COc1cc(Nc2cc(-n3c(C)cc4c3CC(C)(C)CC4=O)ccc2C(N)=O)cc(OC)c1OC. The Labute approximate surface area is 205 Å². The number of carbonyl (C=O) groups excluding carboxylic acids is 2. The summed E-state index contributed by atoms with van der Waals surface area (Å²) in [7, 11) is 4.61. The van der Waals surface area contributed by atoms with E-state index in [1.54, 1.807) is 18.2 Å². The van der Waals surface area contributed by atoms with Crippen molar-refractivity contribution in [1.29, 1.82) is 0 Å². The number of ether oxygens (including phenoxy) is 3. The number of nitrogens with two attached hydrogens (primary N) is 1. The van der Waals surface area contributed by atoms with Gasteiger partial charge in [0.1, 0.15) is 0 Å². The van der Waals surface area contributed by atoms with Crippen LogP contribution in [0.5, 0.6) is 17.2 Å². The van der Waals surface area contributed by atoms with Crippen LogP contribution in [0.4, 0.5) is 11.4 Å². The number of carbonyl (C=O) groups is 2. The zero-order valence-corrected chi connectivity index (χ0v) is 20.9. The van der Waals surface area contributed by atoms with Gasteiger partial charge in [-0.15, -0.1) is 0 Å². The molecule has 0 saturated heterocycles. The number of hydrogen-bond acceptors (Lipinski definition) is 6. The maximum absolute atomic E-state index is 12.8. The Hall–Kier alpha value is -3.94. The number of Topliss-reactive ketones (excluding diaryl/α,β-unsaturated/α-hetero) is 1. The highest BCUT2D eigenvalue weighted by Gasteiger charge is 2.34. The third-order valence-electron chi connectivity index (χ3n) is 6.34. The summed E-state index contributed by atoms with van der Waals surface area (Å²) in [5, 5.41) is 3.28. The second-order valence-corrected chi connectivity index (χ2v) is 9.56. The lowest BCUT2D eigenvalue weighted by Crippen LogP contribution is -2.27. The molecular formula is C27H31N3O5. The van der Waals surface area contributed by atoms with Gasteiger partial charge in [0, 0.05) is 46.9 Å². The summed E-state index contributed by atoms with van der Waals surface area (Å²) in [6.45, 7) is 6.19. The maximum Gasteiger partial charge on any atom is 0.250 e. The molecule has 0 aliphatic heterocycles. The van der Waals surface area contributed by atoms with E-state index in [9.17, 15) is 9.59 Å². The molecule has 2 aromatic carbocycles. The molecule has 0 unspecified atom stereocenters. The number of fused-ring (bicyclic) bond motifs is 1. The molecule has 3 N–H and O–H groups in total. The van der Waals surface area contributed by atoms with Crippen molar-refractivity contribution >= 4 is 23.1 Å². The van der Waals surface area contributed by atoms with Crippen molar-refractivity contribution in [3.63, 3.8) is 0 Å². The summed E-state index contributed by atoms with van der Waals surface area (Å²) in [6.07, 6.45) is 1.30. The van der Waals surface area contributed by atoms with Gasteiger partial charge in [-0.05, 0) is 43.0 Å². The molecule has 1 heterocycles. The van der Waals surface area contributed by atoms with E-state index in [4.69, 9.17) is 19.9 Å². The number of rotatable bonds is 7. The molecule has 0 atom stereocenters. The van der Waals surface area contributed by atoms with Crippen LogP contribution in [-0.2, 0) is 6.42 Å². The molecule has 0 fully saturated rings. The van der Waals surface area contributed by atoms with Crippen molar-refractivity contribution in [1.82, 2.24) is 4.57 Å². The van der Waals surface area contributed by atoms with E-state index in [2.05, 4.69) is 23.7 Å². The van der Waals surface area contributed by atoms with Crippen LogP contribution >= 0.6 is 0 Å². The molecule has 1 amide bonds. The number of nitrogens with zero attached hydrogens (tertiary/aromatic N) is 1. The number of ketones is 1. The van der Waals surface area contributed by atoms with Gasteiger partial charge in [-0.25, -0.2) is 0 Å². The Kier molecular flexibility index (Phi) is 6.23. The van der Waals surface area contributed by atoms with Gasteiger partial charge in [0.15, 0.2) is 17.3 Å². The lowest BCUT2D eigenvalue weighted by atomic mass is 9.76. The van der Waals surface area contributed by atoms with Crippen LogP contribution in [-0.4, -0.2) is 37.6 Å². The monoisotopic (exact) mass is 477 g/mol. The summed E-state index contributed by atoms with van der Waals surface area (Å²) in [6, 6.07) is 10.9. The minimum atomic E-state index is -0.561. The molecule has 4 rings (SSSR count). The lowest BCUT2D eigenvalue weighted by Gasteiger charge is -2.30. The average Bonchev–Trinajstić information content (AvgIpc) is 3.13. The summed E-state index contributed by atoms with van der Waals surface area (Å²) in [5.74, 6) is 1.01. The fourth-order valence-electron chi connectivity index (χ4n) is 4.81. The van der Waals surface area contributed by atoms with Gasteiger partial charge in [0.05, 0.1) is 32.6 Å². The largest absolute Gasteiger partial charge is 0.493 e. The highest BCUT2D eigenvalue weighted by atomic mass is 16.5. The number of methoxy groups -OCH3 is 3.